The highest BCUT2D eigenvalue weighted by molar-refractivity contribution is 7.98. The van der Waals surface area contributed by atoms with E-state index in [4.69, 9.17) is 0 Å². The van der Waals surface area contributed by atoms with Crippen LogP contribution in [0.2, 0.25) is 0 Å². The van der Waals surface area contributed by atoms with Crippen LogP contribution in [0.4, 0.5) is 5.69 Å². The first kappa shape index (κ1) is 22.3. The summed E-state index contributed by atoms with van der Waals surface area (Å²) in [4.78, 5) is 29.3. The Kier molecular flexibility index (Phi) is 7.46. The number of carbonyl (C=O) groups is 2. The first-order chi connectivity index (χ1) is 14.4. The standard InChI is InChI=1S/C20H24N4O4S2/c1-29-17-5-2-4-16(12-17)23-20(26)19(25)22-13-15-7-10-24(11-8-15)30(27,28)18-6-3-9-21-14-18/h2-6,9,12,14-15H,7-8,10-11,13H2,1H3,(H,22,25)(H,23,26). The summed E-state index contributed by atoms with van der Waals surface area (Å²) in [6, 6.07) is 10.4. The van der Waals surface area contributed by atoms with Crippen LogP contribution in [0.5, 0.6) is 0 Å². The molecule has 8 nitrogen and oxygen atoms in total. The summed E-state index contributed by atoms with van der Waals surface area (Å²) < 4.78 is 26.7. The average Bonchev–Trinajstić information content (AvgIpc) is 2.78. The van der Waals surface area contributed by atoms with E-state index in [1.54, 1.807) is 30.0 Å². The number of nitrogens with one attached hydrogen (secondary N) is 2. The summed E-state index contributed by atoms with van der Waals surface area (Å²) in [5.74, 6) is -1.30. The molecule has 0 aliphatic carbocycles. The van der Waals surface area contributed by atoms with E-state index in [0.29, 0.717) is 38.2 Å². The fourth-order valence-corrected chi connectivity index (χ4v) is 5.10. The molecule has 0 bridgehead atoms. The third-order valence-electron chi connectivity index (χ3n) is 4.93. The second kappa shape index (κ2) is 10.1. The predicted molar refractivity (Wildman–Crippen MR) is 116 cm³/mol. The molecule has 1 aliphatic heterocycles. The average molecular weight is 449 g/mol. The number of benzene rings is 1. The summed E-state index contributed by atoms with van der Waals surface area (Å²) in [6.45, 7) is 1.06. The molecular weight excluding hydrogens is 424 g/mol. The summed E-state index contributed by atoms with van der Waals surface area (Å²) in [5, 5.41) is 5.24. The zero-order valence-electron chi connectivity index (χ0n) is 16.6. The molecule has 2 aromatic rings. The van der Waals surface area contributed by atoms with Gasteiger partial charge in [-0.3, -0.25) is 14.6 Å². The molecule has 2 N–H and O–H groups in total. The van der Waals surface area contributed by atoms with E-state index in [-0.39, 0.29) is 10.8 Å². The van der Waals surface area contributed by atoms with Crippen LogP contribution < -0.4 is 10.6 Å². The Balaban J connectivity index is 1.46. The zero-order valence-corrected chi connectivity index (χ0v) is 18.2. The van der Waals surface area contributed by atoms with Crippen LogP contribution in [-0.4, -0.2) is 55.4 Å². The highest BCUT2D eigenvalue weighted by atomic mass is 32.2. The van der Waals surface area contributed by atoms with Crippen molar-refractivity contribution in [3.05, 3.63) is 48.8 Å². The van der Waals surface area contributed by atoms with E-state index < -0.39 is 21.8 Å². The van der Waals surface area contributed by atoms with E-state index in [1.807, 2.05) is 18.4 Å². The minimum atomic E-state index is -3.55. The zero-order chi connectivity index (χ0) is 21.6. The van der Waals surface area contributed by atoms with Crippen molar-refractivity contribution in [1.82, 2.24) is 14.6 Å². The second-order valence-electron chi connectivity index (χ2n) is 6.93. The van der Waals surface area contributed by atoms with E-state index in [9.17, 15) is 18.0 Å². The third kappa shape index (κ3) is 5.59. The quantitative estimate of drug-likeness (QED) is 0.517. The largest absolute Gasteiger partial charge is 0.348 e. The van der Waals surface area contributed by atoms with Crippen molar-refractivity contribution in [1.29, 1.82) is 0 Å². The van der Waals surface area contributed by atoms with Crippen LogP contribution in [0, 0.1) is 5.92 Å². The molecule has 10 heteroatoms. The molecule has 1 saturated heterocycles. The lowest BCUT2D eigenvalue weighted by Gasteiger charge is -2.31. The lowest BCUT2D eigenvalue weighted by molar-refractivity contribution is -0.136. The molecule has 1 aromatic carbocycles. The van der Waals surface area contributed by atoms with Gasteiger partial charge in [0, 0.05) is 42.6 Å². The molecule has 1 fully saturated rings. The van der Waals surface area contributed by atoms with Crippen molar-refractivity contribution in [3.8, 4) is 0 Å². The van der Waals surface area contributed by atoms with Crippen LogP contribution in [0.3, 0.4) is 0 Å². The van der Waals surface area contributed by atoms with Gasteiger partial charge in [0.2, 0.25) is 10.0 Å². The normalized spacial score (nSPS) is 15.5. The van der Waals surface area contributed by atoms with Gasteiger partial charge in [0.15, 0.2) is 0 Å². The third-order valence-corrected chi connectivity index (χ3v) is 7.54. The Morgan fingerprint density at radius 1 is 1.17 bits per heavy atom. The van der Waals surface area contributed by atoms with Crippen LogP contribution >= 0.6 is 11.8 Å². The Morgan fingerprint density at radius 3 is 2.60 bits per heavy atom. The van der Waals surface area contributed by atoms with Crippen molar-refractivity contribution >= 4 is 39.3 Å². The summed E-state index contributed by atoms with van der Waals surface area (Å²) in [7, 11) is -3.55. The van der Waals surface area contributed by atoms with Crippen LogP contribution in [-0.2, 0) is 19.6 Å². The number of sulfonamides is 1. The van der Waals surface area contributed by atoms with E-state index in [0.717, 1.165) is 4.90 Å². The molecular formula is C20H24N4O4S2. The lowest BCUT2D eigenvalue weighted by Crippen LogP contribution is -2.43. The number of amides is 2. The molecule has 2 amide bonds. The maximum absolute atomic E-state index is 12.6. The van der Waals surface area contributed by atoms with Gasteiger partial charge >= 0.3 is 11.8 Å². The summed E-state index contributed by atoms with van der Waals surface area (Å²) in [5.41, 5.74) is 0.566. The number of hydrogen-bond acceptors (Lipinski definition) is 6. The highest BCUT2D eigenvalue weighted by Gasteiger charge is 2.29. The van der Waals surface area contributed by atoms with Gasteiger partial charge in [-0.2, -0.15) is 4.31 Å². The van der Waals surface area contributed by atoms with Gasteiger partial charge in [0.25, 0.3) is 0 Å². The maximum atomic E-state index is 12.6. The number of carbonyl (C=O) groups excluding carboxylic acids is 2. The van der Waals surface area contributed by atoms with Gasteiger partial charge in [-0.1, -0.05) is 6.07 Å². The Bertz CT molecular complexity index is 991. The Morgan fingerprint density at radius 2 is 1.93 bits per heavy atom. The fourth-order valence-electron chi connectivity index (χ4n) is 3.21. The molecule has 30 heavy (non-hydrogen) atoms. The number of nitrogens with zero attached hydrogens (tertiary/aromatic N) is 2. The van der Waals surface area contributed by atoms with Gasteiger partial charge < -0.3 is 10.6 Å². The van der Waals surface area contributed by atoms with Gasteiger partial charge in [-0.25, -0.2) is 8.42 Å². The van der Waals surface area contributed by atoms with E-state index in [2.05, 4.69) is 15.6 Å². The second-order valence-corrected chi connectivity index (χ2v) is 9.75. The maximum Gasteiger partial charge on any atom is 0.313 e. The van der Waals surface area contributed by atoms with Crippen LogP contribution in [0.15, 0.2) is 58.6 Å². The Hall–Kier alpha value is -2.43. The molecule has 0 saturated carbocycles. The number of rotatable bonds is 6. The van der Waals surface area contributed by atoms with Crippen molar-refractivity contribution < 1.29 is 18.0 Å². The monoisotopic (exact) mass is 448 g/mol. The number of aromatic nitrogens is 1. The van der Waals surface area contributed by atoms with Gasteiger partial charge in [0.05, 0.1) is 0 Å². The minimum absolute atomic E-state index is 0.113. The smallest absolute Gasteiger partial charge is 0.313 e. The van der Waals surface area contributed by atoms with Crippen LogP contribution in [0.25, 0.3) is 0 Å². The summed E-state index contributed by atoms with van der Waals surface area (Å²) in [6.07, 6.45) is 6.02. The number of thioether (sulfide) groups is 1. The fraction of sp³-hybridized carbons (Fsp3) is 0.350. The topological polar surface area (TPSA) is 108 Å². The predicted octanol–water partition coefficient (Wildman–Crippen LogP) is 1.96. The number of anilines is 1. The Labute approximate surface area is 180 Å². The van der Waals surface area contributed by atoms with E-state index >= 15 is 0 Å². The molecule has 0 radical (unpaired) electrons. The van der Waals surface area contributed by atoms with Gasteiger partial charge in [-0.05, 0) is 55.3 Å². The summed E-state index contributed by atoms with van der Waals surface area (Å²) >= 11 is 1.55. The lowest BCUT2D eigenvalue weighted by atomic mass is 9.98. The number of hydrogen-bond donors (Lipinski definition) is 2. The van der Waals surface area contributed by atoms with E-state index in [1.165, 1.54) is 22.8 Å². The number of piperidine rings is 1. The molecule has 3 rings (SSSR count). The van der Waals surface area contributed by atoms with Crippen molar-refractivity contribution in [2.75, 3.05) is 31.2 Å². The van der Waals surface area contributed by atoms with Gasteiger partial charge in [0.1, 0.15) is 4.90 Å². The van der Waals surface area contributed by atoms with Crippen molar-refractivity contribution in [2.24, 2.45) is 5.92 Å². The molecule has 0 atom stereocenters. The van der Waals surface area contributed by atoms with Gasteiger partial charge in [-0.15, -0.1) is 11.8 Å². The van der Waals surface area contributed by atoms with Crippen LogP contribution in [0.1, 0.15) is 12.8 Å². The molecule has 2 heterocycles. The molecule has 0 unspecified atom stereocenters. The highest BCUT2D eigenvalue weighted by Crippen LogP contribution is 2.23. The minimum Gasteiger partial charge on any atom is -0.348 e. The molecule has 1 aromatic heterocycles. The van der Waals surface area contributed by atoms with Crippen molar-refractivity contribution in [3.63, 3.8) is 0 Å². The molecule has 160 valence electrons. The molecule has 1 aliphatic rings. The van der Waals surface area contributed by atoms with Crippen molar-refractivity contribution in [2.45, 2.75) is 22.6 Å². The molecule has 0 spiro atoms. The SMILES string of the molecule is CSc1cccc(NC(=O)C(=O)NCC2CCN(S(=O)(=O)c3cccnc3)CC2)c1. The first-order valence-corrected chi connectivity index (χ1v) is 12.2. The number of pyridine rings is 1. The first-order valence-electron chi connectivity index (χ1n) is 9.53.